The number of likely N-dealkylation sites (tertiary alicyclic amines) is 1. The molecule has 0 N–H and O–H groups in total. The summed E-state index contributed by atoms with van der Waals surface area (Å²) in [6, 6.07) is 3.70. The summed E-state index contributed by atoms with van der Waals surface area (Å²) in [7, 11) is 0. The average Bonchev–Trinajstić information content (AvgIpc) is 3.10. The van der Waals surface area contributed by atoms with Gasteiger partial charge in [-0.1, -0.05) is 19.0 Å². The van der Waals surface area contributed by atoms with Crippen molar-refractivity contribution in [2.45, 2.75) is 32.6 Å². The molecule has 0 atom stereocenters. The SMILES string of the molecule is CC(C)COC(=O)N1CCC(c2nc(-c3ccncc3)no2)CC1. The van der Waals surface area contributed by atoms with Gasteiger partial charge in [0.05, 0.1) is 6.61 Å². The highest BCUT2D eigenvalue weighted by atomic mass is 16.6. The molecule has 1 aliphatic heterocycles. The van der Waals surface area contributed by atoms with Crippen LogP contribution in [0.5, 0.6) is 0 Å². The second-order valence-corrected chi connectivity index (χ2v) is 6.42. The smallest absolute Gasteiger partial charge is 0.409 e. The molecule has 1 fully saturated rings. The molecule has 2 aromatic rings. The Bertz CT molecular complexity index is 663. The number of carbonyl (C=O) groups excluding carboxylic acids is 1. The van der Waals surface area contributed by atoms with Gasteiger partial charge in [-0.25, -0.2) is 4.79 Å². The number of carbonyl (C=O) groups is 1. The van der Waals surface area contributed by atoms with E-state index in [9.17, 15) is 4.79 Å². The maximum atomic E-state index is 12.0. The molecule has 1 aliphatic rings. The van der Waals surface area contributed by atoms with Gasteiger partial charge in [0.2, 0.25) is 11.7 Å². The molecule has 1 amide bonds. The summed E-state index contributed by atoms with van der Waals surface area (Å²) < 4.78 is 10.7. The van der Waals surface area contributed by atoms with Crippen LogP contribution in [0.1, 0.15) is 38.5 Å². The van der Waals surface area contributed by atoms with Crippen molar-refractivity contribution in [1.29, 1.82) is 0 Å². The second-order valence-electron chi connectivity index (χ2n) is 6.42. The van der Waals surface area contributed by atoms with Crippen molar-refractivity contribution in [3.63, 3.8) is 0 Å². The molecule has 0 unspecified atom stereocenters. The standard InChI is InChI=1S/C17H22N4O3/c1-12(2)11-23-17(22)21-9-5-14(6-10-21)16-19-15(20-24-16)13-3-7-18-8-4-13/h3-4,7-8,12,14H,5-6,9-11H2,1-2H3. The summed E-state index contributed by atoms with van der Waals surface area (Å²) >= 11 is 0. The molecule has 3 rings (SSSR count). The molecule has 1 saturated heterocycles. The Labute approximate surface area is 141 Å². The topological polar surface area (TPSA) is 81.4 Å². The van der Waals surface area contributed by atoms with Crippen molar-refractivity contribution >= 4 is 6.09 Å². The number of rotatable bonds is 4. The lowest BCUT2D eigenvalue weighted by Crippen LogP contribution is -2.38. The number of aromatic nitrogens is 3. The molecular weight excluding hydrogens is 308 g/mol. The van der Waals surface area contributed by atoms with Crippen LogP contribution in [0.2, 0.25) is 0 Å². The fourth-order valence-electron chi connectivity index (χ4n) is 2.66. The van der Waals surface area contributed by atoms with Crippen molar-refractivity contribution in [3.05, 3.63) is 30.4 Å². The molecule has 0 spiro atoms. The van der Waals surface area contributed by atoms with Crippen molar-refractivity contribution < 1.29 is 14.1 Å². The Morgan fingerprint density at radius 1 is 1.33 bits per heavy atom. The van der Waals surface area contributed by atoms with E-state index in [2.05, 4.69) is 15.1 Å². The molecule has 0 aliphatic carbocycles. The lowest BCUT2D eigenvalue weighted by molar-refractivity contribution is 0.0817. The lowest BCUT2D eigenvalue weighted by Gasteiger charge is -2.29. The minimum Gasteiger partial charge on any atom is -0.449 e. The van der Waals surface area contributed by atoms with Crippen molar-refractivity contribution in [2.24, 2.45) is 5.92 Å². The highest BCUT2D eigenvalue weighted by Crippen LogP contribution is 2.28. The zero-order valence-corrected chi connectivity index (χ0v) is 14.0. The molecule has 24 heavy (non-hydrogen) atoms. The van der Waals surface area contributed by atoms with E-state index in [1.807, 2.05) is 26.0 Å². The normalized spacial score (nSPS) is 15.7. The minimum absolute atomic E-state index is 0.183. The van der Waals surface area contributed by atoms with Crippen LogP contribution in [0, 0.1) is 5.92 Å². The first-order valence-corrected chi connectivity index (χ1v) is 8.29. The third-order valence-corrected chi connectivity index (χ3v) is 4.02. The zero-order valence-electron chi connectivity index (χ0n) is 14.0. The molecule has 7 heteroatoms. The first-order valence-electron chi connectivity index (χ1n) is 8.29. The molecule has 0 radical (unpaired) electrons. The Morgan fingerprint density at radius 2 is 2.04 bits per heavy atom. The zero-order chi connectivity index (χ0) is 16.9. The fourth-order valence-corrected chi connectivity index (χ4v) is 2.66. The molecule has 2 aromatic heterocycles. The molecule has 0 saturated carbocycles. The predicted molar refractivity (Wildman–Crippen MR) is 87.3 cm³/mol. The minimum atomic E-state index is -0.231. The number of hydrogen-bond acceptors (Lipinski definition) is 6. The van der Waals surface area contributed by atoms with Gasteiger partial charge in [-0.15, -0.1) is 0 Å². The number of piperidine rings is 1. The van der Waals surface area contributed by atoms with Gasteiger partial charge in [-0.2, -0.15) is 4.98 Å². The Morgan fingerprint density at radius 3 is 2.71 bits per heavy atom. The van der Waals surface area contributed by atoms with Crippen molar-refractivity contribution in [2.75, 3.05) is 19.7 Å². The van der Waals surface area contributed by atoms with Gasteiger partial charge in [-0.3, -0.25) is 4.98 Å². The summed E-state index contributed by atoms with van der Waals surface area (Å²) in [5, 5.41) is 4.05. The number of pyridine rings is 1. The molecule has 0 aromatic carbocycles. The Kier molecular flexibility index (Phi) is 5.08. The third-order valence-electron chi connectivity index (χ3n) is 4.02. The molecule has 7 nitrogen and oxygen atoms in total. The monoisotopic (exact) mass is 330 g/mol. The van der Waals surface area contributed by atoms with Gasteiger partial charge >= 0.3 is 6.09 Å². The van der Waals surface area contributed by atoms with E-state index < -0.39 is 0 Å². The van der Waals surface area contributed by atoms with E-state index in [-0.39, 0.29) is 12.0 Å². The third kappa shape index (κ3) is 3.90. The van der Waals surface area contributed by atoms with E-state index >= 15 is 0 Å². The summed E-state index contributed by atoms with van der Waals surface area (Å²) in [6.45, 7) is 5.80. The van der Waals surface area contributed by atoms with E-state index in [1.165, 1.54) is 0 Å². The summed E-state index contributed by atoms with van der Waals surface area (Å²) in [5.74, 6) is 1.74. The van der Waals surface area contributed by atoms with Gasteiger partial charge in [0.15, 0.2) is 0 Å². The highest BCUT2D eigenvalue weighted by Gasteiger charge is 2.28. The van der Waals surface area contributed by atoms with E-state index in [1.54, 1.807) is 17.3 Å². The Balaban J connectivity index is 1.55. The number of amides is 1. The van der Waals surface area contributed by atoms with E-state index in [0.717, 1.165) is 18.4 Å². The Hall–Kier alpha value is -2.44. The molecular formula is C17H22N4O3. The molecule has 128 valence electrons. The predicted octanol–water partition coefficient (Wildman–Crippen LogP) is 3.10. The van der Waals surface area contributed by atoms with Crippen LogP contribution < -0.4 is 0 Å². The van der Waals surface area contributed by atoms with E-state index in [4.69, 9.17) is 9.26 Å². The number of hydrogen-bond donors (Lipinski definition) is 0. The van der Waals surface area contributed by atoms with Crippen LogP contribution in [0.25, 0.3) is 11.4 Å². The van der Waals surface area contributed by atoms with Crippen molar-refractivity contribution in [3.8, 4) is 11.4 Å². The first-order chi connectivity index (χ1) is 11.6. The maximum Gasteiger partial charge on any atom is 0.409 e. The van der Waals surface area contributed by atoms with Crippen LogP contribution in [0.15, 0.2) is 29.0 Å². The van der Waals surface area contributed by atoms with Gasteiger partial charge in [0.1, 0.15) is 0 Å². The molecule has 3 heterocycles. The largest absolute Gasteiger partial charge is 0.449 e. The van der Waals surface area contributed by atoms with Crippen LogP contribution in [0.4, 0.5) is 4.79 Å². The lowest BCUT2D eigenvalue weighted by atomic mass is 9.97. The van der Waals surface area contributed by atoms with Crippen LogP contribution in [-0.4, -0.2) is 45.8 Å². The van der Waals surface area contributed by atoms with Crippen LogP contribution in [0.3, 0.4) is 0 Å². The van der Waals surface area contributed by atoms with Gasteiger partial charge in [0, 0.05) is 37.0 Å². The first kappa shape index (κ1) is 16.4. The number of nitrogens with zero attached hydrogens (tertiary/aromatic N) is 4. The maximum absolute atomic E-state index is 12.0. The second kappa shape index (κ2) is 7.42. The number of ether oxygens (including phenoxy) is 1. The van der Waals surface area contributed by atoms with Gasteiger partial charge < -0.3 is 14.2 Å². The van der Waals surface area contributed by atoms with Gasteiger partial charge in [-0.05, 0) is 30.9 Å². The fraction of sp³-hybridized carbons (Fsp3) is 0.529. The van der Waals surface area contributed by atoms with Gasteiger partial charge in [0.25, 0.3) is 0 Å². The van der Waals surface area contributed by atoms with Crippen LogP contribution in [-0.2, 0) is 4.74 Å². The summed E-state index contributed by atoms with van der Waals surface area (Å²) in [4.78, 5) is 22.2. The molecule has 0 bridgehead atoms. The van der Waals surface area contributed by atoms with Crippen molar-refractivity contribution in [1.82, 2.24) is 20.0 Å². The quantitative estimate of drug-likeness (QED) is 0.857. The summed E-state index contributed by atoms with van der Waals surface area (Å²) in [6.07, 6.45) is 4.77. The highest BCUT2D eigenvalue weighted by molar-refractivity contribution is 5.67. The van der Waals surface area contributed by atoms with Crippen LogP contribution >= 0.6 is 0 Å². The van der Waals surface area contributed by atoms with E-state index in [0.29, 0.717) is 37.3 Å². The summed E-state index contributed by atoms with van der Waals surface area (Å²) in [5.41, 5.74) is 0.884. The average molecular weight is 330 g/mol.